The van der Waals surface area contributed by atoms with Crippen LogP contribution in [0.4, 0.5) is 5.69 Å². The first-order valence-corrected chi connectivity index (χ1v) is 13.2. The van der Waals surface area contributed by atoms with Crippen LogP contribution in [0.1, 0.15) is 67.4 Å². The zero-order valence-corrected chi connectivity index (χ0v) is 19.6. The number of piperidine rings is 2. The van der Waals surface area contributed by atoms with Crippen LogP contribution in [0.3, 0.4) is 0 Å². The number of carbonyl (C=O) groups is 1. The van der Waals surface area contributed by atoms with Gasteiger partial charge in [-0.25, -0.2) is 8.42 Å². The third-order valence-corrected chi connectivity index (χ3v) is 8.43. The van der Waals surface area contributed by atoms with Gasteiger partial charge in [0.15, 0.2) is 0 Å². The summed E-state index contributed by atoms with van der Waals surface area (Å²) in [4.78, 5) is 15.5. The molecule has 2 aliphatic heterocycles. The van der Waals surface area contributed by atoms with Crippen LogP contribution in [-0.2, 0) is 10.0 Å². The van der Waals surface area contributed by atoms with E-state index < -0.39 is 10.0 Å². The summed E-state index contributed by atoms with van der Waals surface area (Å²) < 4.78 is 28.9. The van der Waals surface area contributed by atoms with Crippen LogP contribution in [0.15, 0.2) is 53.4 Å². The lowest BCUT2D eigenvalue weighted by molar-refractivity contribution is 0.0939. The lowest BCUT2D eigenvalue weighted by Gasteiger charge is -2.33. The molecule has 32 heavy (non-hydrogen) atoms. The highest BCUT2D eigenvalue weighted by Crippen LogP contribution is 2.32. The third-order valence-electron chi connectivity index (χ3n) is 6.50. The molecule has 0 bridgehead atoms. The summed E-state index contributed by atoms with van der Waals surface area (Å²) >= 11 is 0. The Balaban J connectivity index is 1.65. The van der Waals surface area contributed by atoms with Crippen molar-refractivity contribution >= 4 is 21.6 Å². The number of amides is 1. The van der Waals surface area contributed by atoms with Gasteiger partial charge in [-0.3, -0.25) is 4.79 Å². The molecule has 2 aromatic rings. The van der Waals surface area contributed by atoms with Gasteiger partial charge in [0.1, 0.15) is 4.90 Å². The Morgan fingerprint density at radius 1 is 0.875 bits per heavy atom. The van der Waals surface area contributed by atoms with Crippen molar-refractivity contribution in [2.24, 2.45) is 0 Å². The second-order valence-corrected chi connectivity index (χ2v) is 10.7. The van der Waals surface area contributed by atoms with E-state index in [0.717, 1.165) is 56.4 Å². The van der Waals surface area contributed by atoms with Crippen LogP contribution < -0.4 is 10.2 Å². The Labute approximate surface area is 191 Å². The molecular formula is C25H33N3O3S. The highest BCUT2D eigenvalue weighted by Gasteiger charge is 2.31. The van der Waals surface area contributed by atoms with Crippen molar-refractivity contribution in [3.63, 3.8) is 0 Å². The topological polar surface area (TPSA) is 69.7 Å². The summed E-state index contributed by atoms with van der Waals surface area (Å²) in [7, 11) is -3.67. The highest BCUT2D eigenvalue weighted by molar-refractivity contribution is 7.89. The van der Waals surface area contributed by atoms with Gasteiger partial charge in [0.2, 0.25) is 10.0 Å². The molecular weight excluding hydrogens is 422 g/mol. The van der Waals surface area contributed by atoms with E-state index in [4.69, 9.17) is 0 Å². The van der Waals surface area contributed by atoms with E-state index in [2.05, 4.69) is 10.2 Å². The molecule has 0 spiro atoms. The minimum absolute atomic E-state index is 0.173. The van der Waals surface area contributed by atoms with E-state index in [0.29, 0.717) is 18.7 Å². The number of nitrogens with zero attached hydrogens (tertiary/aromatic N) is 2. The van der Waals surface area contributed by atoms with Crippen molar-refractivity contribution in [1.29, 1.82) is 0 Å². The third kappa shape index (κ3) is 4.99. The Kier molecular flexibility index (Phi) is 7.16. The summed E-state index contributed by atoms with van der Waals surface area (Å²) in [5.74, 6) is -0.262. The average molecular weight is 456 g/mol. The highest BCUT2D eigenvalue weighted by atomic mass is 32.2. The summed E-state index contributed by atoms with van der Waals surface area (Å²) in [6, 6.07) is 14.7. The molecule has 2 aliphatic rings. The molecule has 4 rings (SSSR count). The lowest BCUT2D eigenvalue weighted by Crippen LogP contribution is -2.38. The van der Waals surface area contributed by atoms with Gasteiger partial charge >= 0.3 is 0 Å². The van der Waals surface area contributed by atoms with Crippen LogP contribution in [0.2, 0.25) is 0 Å². The minimum atomic E-state index is -3.67. The molecule has 2 aromatic carbocycles. The maximum atomic E-state index is 13.6. The van der Waals surface area contributed by atoms with E-state index >= 15 is 0 Å². The molecule has 0 unspecified atom stereocenters. The fraction of sp³-hybridized carbons (Fsp3) is 0.480. The smallest absolute Gasteiger partial charge is 0.251 e. The van der Waals surface area contributed by atoms with Gasteiger partial charge in [-0.2, -0.15) is 4.31 Å². The first-order chi connectivity index (χ1) is 15.5. The fourth-order valence-corrected chi connectivity index (χ4v) is 6.36. The average Bonchev–Trinajstić information content (AvgIpc) is 2.85. The molecule has 6 nitrogen and oxygen atoms in total. The van der Waals surface area contributed by atoms with E-state index in [1.807, 2.05) is 43.3 Å². The molecule has 1 atom stereocenters. The SMILES string of the molecule is C[C@H](NC(=O)c1ccc(N2CCCCC2)c(S(=O)(=O)N2CCCCC2)c1)c1ccccc1. The first kappa shape index (κ1) is 22.8. The predicted octanol–water partition coefficient (Wildman–Crippen LogP) is 4.34. The number of hydrogen-bond acceptors (Lipinski definition) is 4. The van der Waals surface area contributed by atoms with Gasteiger partial charge in [0, 0.05) is 31.7 Å². The number of anilines is 1. The summed E-state index contributed by atoms with van der Waals surface area (Å²) in [6.07, 6.45) is 6.10. The quantitative estimate of drug-likeness (QED) is 0.703. The van der Waals surface area contributed by atoms with Crippen LogP contribution in [0.5, 0.6) is 0 Å². The van der Waals surface area contributed by atoms with Gasteiger partial charge in [0.25, 0.3) is 5.91 Å². The molecule has 7 heteroatoms. The molecule has 2 heterocycles. The van der Waals surface area contributed by atoms with Crippen molar-refractivity contribution in [2.75, 3.05) is 31.1 Å². The van der Waals surface area contributed by atoms with Crippen LogP contribution in [0, 0.1) is 0 Å². The van der Waals surface area contributed by atoms with Crippen LogP contribution in [-0.4, -0.2) is 44.8 Å². The van der Waals surface area contributed by atoms with Gasteiger partial charge in [-0.1, -0.05) is 36.8 Å². The molecule has 2 saturated heterocycles. The number of sulfonamides is 1. The predicted molar refractivity (Wildman–Crippen MR) is 127 cm³/mol. The summed E-state index contributed by atoms with van der Waals surface area (Å²) in [6.45, 7) is 4.71. The second-order valence-electron chi connectivity index (χ2n) is 8.80. The Morgan fingerprint density at radius 3 is 2.16 bits per heavy atom. The number of benzene rings is 2. The fourth-order valence-electron chi connectivity index (χ4n) is 4.61. The zero-order chi connectivity index (χ0) is 22.6. The number of nitrogens with one attached hydrogen (secondary N) is 1. The van der Waals surface area contributed by atoms with Gasteiger partial charge in [0.05, 0.1) is 11.7 Å². The van der Waals surface area contributed by atoms with Crippen molar-refractivity contribution in [2.45, 2.75) is 56.4 Å². The molecule has 1 N–H and O–H groups in total. The Hall–Kier alpha value is -2.38. The Morgan fingerprint density at radius 2 is 1.50 bits per heavy atom. The van der Waals surface area contributed by atoms with Crippen molar-refractivity contribution < 1.29 is 13.2 Å². The van der Waals surface area contributed by atoms with Crippen molar-refractivity contribution in [1.82, 2.24) is 9.62 Å². The van der Waals surface area contributed by atoms with Crippen molar-refractivity contribution in [3.8, 4) is 0 Å². The van der Waals surface area contributed by atoms with E-state index in [1.54, 1.807) is 16.4 Å². The van der Waals surface area contributed by atoms with Crippen LogP contribution in [0.25, 0.3) is 0 Å². The van der Waals surface area contributed by atoms with E-state index in [-0.39, 0.29) is 16.8 Å². The van der Waals surface area contributed by atoms with Gasteiger partial charge in [-0.15, -0.1) is 0 Å². The monoisotopic (exact) mass is 455 g/mol. The number of carbonyl (C=O) groups excluding carboxylic acids is 1. The van der Waals surface area contributed by atoms with Gasteiger partial charge in [-0.05, 0) is 62.8 Å². The minimum Gasteiger partial charge on any atom is -0.370 e. The standard InChI is InChI=1S/C25H33N3O3S/c1-20(21-11-5-2-6-12-21)26-25(29)22-13-14-23(27-15-7-3-8-16-27)24(19-22)32(30,31)28-17-9-4-10-18-28/h2,5-6,11-14,19-20H,3-4,7-10,15-18H2,1H3,(H,26,29)/t20-/m0/s1. The lowest BCUT2D eigenvalue weighted by atomic mass is 10.1. The Bertz CT molecular complexity index is 1030. The molecule has 0 aliphatic carbocycles. The van der Waals surface area contributed by atoms with E-state index in [1.165, 1.54) is 6.42 Å². The maximum absolute atomic E-state index is 13.6. The molecule has 0 radical (unpaired) electrons. The maximum Gasteiger partial charge on any atom is 0.251 e. The van der Waals surface area contributed by atoms with Crippen molar-refractivity contribution in [3.05, 3.63) is 59.7 Å². The zero-order valence-electron chi connectivity index (χ0n) is 18.8. The normalized spacial score (nSPS) is 18.8. The molecule has 172 valence electrons. The van der Waals surface area contributed by atoms with E-state index in [9.17, 15) is 13.2 Å². The number of rotatable bonds is 6. The first-order valence-electron chi connectivity index (χ1n) is 11.7. The summed E-state index contributed by atoms with van der Waals surface area (Å²) in [5.41, 5.74) is 2.11. The van der Waals surface area contributed by atoms with Crippen LogP contribution >= 0.6 is 0 Å². The molecule has 2 fully saturated rings. The summed E-state index contributed by atoms with van der Waals surface area (Å²) in [5, 5.41) is 3.01. The molecule has 0 saturated carbocycles. The second kappa shape index (κ2) is 10.0. The molecule has 0 aromatic heterocycles. The van der Waals surface area contributed by atoms with Gasteiger partial charge < -0.3 is 10.2 Å². The largest absolute Gasteiger partial charge is 0.370 e. The number of hydrogen-bond donors (Lipinski definition) is 1. The molecule has 1 amide bonds.